The molecule has 0 saturated heterocycles. The lowest BCUT2D eigenvalue weighted by atomic mass is 9.98. The summed E-state index contributed by atoms with van der Waals surface area (Å²) in [5, 5.41) is 22.6. The highest BCUT2D eigenvalue weighted by Gasteiger charge is 2.25. The van der Waals surface area contributed by atoms with Gasteiger partial charge >= 0.3 is 11.7 Å². The second kappa shape index (κ2) is 6.18. The number of carboxylic acid groups (broad SMARTS) is 1. The summed E-state index contributed by atoms with van der Waals surface area (Å²) < 4.78 is 4.93. The number of methoxy groups -OCH3 is 1. The van der Waals surface area contributed by atoms with Gasteiger partial charge in [0.2, 0.25) is 11.7 Å². The number of nitro groups is 1. The van der Waals surface area contributed by atoms with Gasteiger partial charge in [0.15, 0.2) is 0 Å². The van der Waals surface area contributed by atoms with Gasteiger partial charge in [-0.1, -0.05) is 0 Å². The Bertz CT molecular complexity index is 516. The van der Waals surface area contributed by atoms with Gasteiger partial charge in [0.1, 0.15) is 0 Å². The summed E-state index contributed by atoms with van der Waals surface area (Å²) in [6, 6.07) is 2.69. The second-order valence-electron chi connectivity index (χ2n) is 4.88. The summed E-state index contributed by atoms with van der Waals surface area (Å²) in [6.45, 7) is 3.50. The van der Waals surface area contributed by atoms with Crippen LogP contribution in [0.4, 0.5) is 11.5 Å². The van der Waals surface area contributed by atoms with Gasteiger partial charge in [0.25, 0.3) is 0 Å². The molecule has 2 N–H and O–H groups in total. The van der Waals surface area contributed by atoms with Crippen molar-refractivity contribution in [1.29, 1.82) is 0 Å². The molecule has 8 nitrogen and oxygen atoms in total. The highest BCUT2D eigenvalue weighted by Crippen LogP contribution is 2.28. The van der Waals surface area contributed by atoms with Crippen LogP contribution in [-0.4, -0.2) is 33.6 Å². The average molecular weight is 283 g/mol. The Morgan fingerprint density at radius 2 is 2.20 bits per heavy atom. The lowest BCUT2D eigenvalue weighted by Crippen LogP contribution is -2.32. The van der Waals surface area contributed by atoms with Crippen LogP contribution in [0.1, 0.15) is 26.7 Å². The smallest absolute Gasteiger partial charge is 0.311 e. The van der Waals surface area contributed by atoms with Gasteiger partial charge < -0.3 is 15.2 Å². The maximum absolute atomic E-state index is 11.0. The number of ether oxygens (including phenoxy) is 1. The van der Waals surface area contributed by atoms with E-state index < -0.39 is 16.4 Å². The monoisotopic (exact) mass is 283 g/mol. The number of hydrogen-bond acceptors (Lipinski definition) is 6. The van der Waals surface area contributed by atoms with E-state index in [0.29, 0.717) is 6.42 Å². The molecule has 1 heterocycles. The van der Waals surface area contributed by atoms with Crippen molar-refractivity contribution in [2.24, 2.45) is 0 Å². The van der Waals surface area contributed by atoms with Crippen molar-refractivity contribution in [3.8, 4) is 5.88 Å². The van der Waals surface area contributed by atoms with Crippen molar-refractivity contribution < 1.29 is 19.6 Å². The maximum Gasteiger partial charge on any atom is 0.311 e. The predicted molar refractivity (Wildman–Crippen MR) is 72.0 cm³/mol. The fraction of sp³-hybridized carbons (Fsp3) is 0.500. The number of carboxylic acids is 1. The Kier molecular flexibility index (Phi) is 4.84. The molecule has 1 aromatic rings. The molecule has 0 unspecified atom stereocenters. The van der Waals surface area contributed by atoms with Gasteiger partial charge in [0.05, 0.1) is 12.0 Å². The SMILES string of the molecule is COc1ccc([N+](=O)[O-])c(NC(C)(C)CCC(=O)O)n1. The van der Waals surface area contributed by atoms with E-state index in [0.717, 1.165) is 0 Å². The molecule has 0 aliphatic rings. The van der Waals surface area contributed by atoms with Crippen LogP contribution in [0.2, 0.25) is 0 Å². The van der Waals surface area contributed by atoms with Crippen molar-refractivity contribution in [2.75, 3.05) is 12.4 Å². The first-order valence-corrected chi connectivity index (χ1v) is 5.94. The average Bonchev–Trinajstić information content (AvgIpc) is 2.35. The third-order valence-electron chi connectivity index (χ3n) is 2.67. The zero-order chi connectivity index (χ0) is 15.3. The van der Waals surface area contributed by atoms with Gasteiger partial charge in [-0.15, -0.1) is 0 Å². The first-order chi connectivity index (χ1) is 9.25. The Morgan fingerprint density at radius 3 is 2.70 bits per heavy atom. The molecule has 110 valence electrons. The van der Waals surface area contributed by atoms with E-state index >= 15 is 0 Å². The zero-order valence-electron chi connectivity index (χ0n) is 11.5. The molecular weight excluding hydrogens is 266 g/mol. The van der Waals surface area contributed by atoms with Crippen molar-refractivity contribution >= 4 is 17.5 Å². The third kappa shape index (κ3) is 4.38. The van der Waals surface area contributed by atoms with Crippen LogP contribution in [-0.2, 0) is 4.79 Å². The predicted octanol–water partition coefficient (Wildman–Crippen LogP) is 2.05. The molecule has 0 amide bonds. The largest absolute Gasteiger partial charge is 0.481 e. The van der Waals surface area contributed by atoms with Crippen molar-refractivity contribution in [2.45, 2.75) is 32.2 Å². The quantitative estimate of drug-likeness (QED) is 0.581. The molecule has 0 radical (unpaired) electrons. The molecule has 0 spiro atoms. The first-order valence-electron chi connectivity index (χ1n) is 5.94. The van der Waals surface area contributed by atoms with Gasteiger partial charge in [-0.3, -0.25) is 14.9 Å². The molecule has 0 bridgehead atoms. The first kappa shape index (κ1) is 15.7. The number of nitrogens with zero attached hydrogens (tertiary/aromatic N) is 2. The molecule has 20 heavy (non-hydrogen) atoms. The fourth-order valence-corrected chi connectivity index (χ4v) is 1.59. The minimum absolute atomic E-state index is 0.0439. The summed E-state index contributed by atoms with van der Waals surface area (Å²) in [6.07, 6.45) is 0.260. The van der Waals surface area contributed by atoms with Crippen LogP contribution in [0.3, 0.4) is 0 Å². The van der Waals surface area contributed by atoms with Gasteiger partial charge in [0, 0.05) is 24.1 Å². The van der Waals surface area contributed by atoms with E-state index in [4.69, 9.17) is 9.84 Å². The fourth-order valence-electron chi connectivity index (χ4n) is 1.59. The highest BCUT2D eigenvalue weighted by atomic mass is 16.6. The van der Waals surface area contributed by atoms with Crippen LogP contribution in [0.25, 0.3) is 0 Å². The summed E-state index contributed by atoms with van der Waals surface area (Å²) in [7, 11) is 1.41. The van der Waals surface area contributed by atoms with Crippen molar-refractivity contribution in [3.05, 3.63) is 22.2 Å². The van der Waals surface area contributed by atoms with Gasteiger partial charge in [-0.25, -0.2) is 0 Å². The number of hydrogen-bond donors (Lipinski definition) is 2. The van der Waals surface area contributed by atoms with Gasteiger partial charge in [-0.2, -0.15) is 4.98 Å². The number of aliphatic carboxylic acids is 1. The highest BCUT2D eigenvalue weighted by molar-refractivity contribution is 5.67. The molecule has 0 aromatic carbocycles. The Morgan fingerprint density at radius 1 is 1.55 bits per heavy atom. The molecule has 0 atom stereocenters. The Labute approximate surface area is 115 Å². The Hall–Kier alpha value is -2.38. The zero-order valence-corrected chi connectivity index (χ0v) is 11.5. The lowest BCUT2D eigenvalue weighted by molar-refractivity contribution is -0.384. The van der Waals surface area contributed by atoms with Crippen molar-refractivity contribution in [1.82, 2.24) is 4.98 Å². The van der Waals surface area contributed by atoms with E-state index in [9.17, 15) is 14.9 Å². The van der Waals surface area contributed by atoms with Crippen LogP contribution in [0.15, 0.2) is 12.1 Å². The van der Waals surface area contributed by atoms with Gasteiger partial charge in [-0.05, 0) is 20.3 Å². The van der Waals surface area contributed by atoms with Crippen molar-refractivity contribution in [3.63, 3.8) is 0 Å². The van der Waals surface area contributed by atoms with Crippen LogP contribution in [0.5, 0.6) is 5.88 Å². The lowest BCUT2D eigenvalue weighted by Gasteiger charge is -2.26. The molecule has 1 rings (SSSR count). The standard InChI is InChI=1S/C12H17N3O5/c1-12(2,7-6-10(16)17)14-11-8(15(18)19)4-5-9(13-11)20-3/h4-5H,6-7H2,1-3H3,(H,13,14)(H,16,17). The molecule has 0 fully saturated rings. The van der Waals surface area contributed by atoms with E-state index in [2.05, 4.69) is 10.3 Å². The summed E-state index contributed by atoms with van der Waals surface area (Å²) >= 11 is 0. The number of pyridine rings is 1. The third-order valence-corrected chi connectivity index (χ3v) is 2.67. The number of nitrogens with one attached hydrogen (secondary N) is 1. The molecular formula is C12H17N3O5. The number of anilines is 1. The molecule has 0 aliphatic carbocycles. The van der Waals surface area contributed by atoms with E-state index in [1.54, 1.807) is 13.8 Å². The second-order valence-corrected chi connectivity index (χ2v) is 4.88. The minimum atomic E-state index is -0.923. The topological polar surface area (TPSA) is 115 Å². The Balaban J connectivity index is 2.99. The number of aromatic nitrogens is 1. The number of rotatable bonds is 7. The molecule has 8 heteroatoms. The summed E-state index contributed by atoms with van der Waals surface area (Å²) in [5.74, 6) is -0.621. The van der Waals surface area contributed by atoms with Crippen LogP contribution >= 0.6 is 0 Å². The molecule has 0 aliphatic heterocycles. The molecule has 1 aromatic heterocycles. The van der Waals surface area contributed by atoms with E-state index in [1.165, 1.54) is 19.2 Å². The van der Waals surface area contributed by atoms with Crippen LogP contribution < -0.4 is 10.1 Å². The van der Waals surface area contributed by atoms with Crippen LogP contribution in [0, 0.1) is 10.1 Å². The number of carbonyl (C=O) groups is 1. The van der Waals surface area contributed by atoms with E-state index in [-0.39, 0.29) is 23.8 Å². The minimum Gasteiger partial charge on any atom is -0.481 e. The molecule has 0 saturated carbocycles. The maximum atomic E-state index is 11.0. The normalized spacial score (nSPS) is 10.9. The summed E-state index contributed by atoms with van der Waals surface area (Å²) in [4.78, 5) is 25.0. The summed E-state index contributed by atoms with van der Waals surface area (Å²) in [5.41, 5.74) is -0.836. The van der Waals surface area contributed by atoms with E-state index in [1.807, 2.05) is 0 Å².